The average molecular weight is 347 g/mol. The first-order chi connectivity index (χ1) is 9.95. The number of halogens is 3. The molecule has 2 aromatic rings. The number of nitrogens with zero attached hydrogens (tertiary/aromatic N) is 2. The molecule has 21 heavy (non-hydrogen) atoms. The van der Waals surface area contributed by atoms with Crippen LogP contribution in [0.5, 0.6) is 0 Å². The topological polar surface area (TPSA) is 29.9 Å². The summed E-state index contributed by atoms with van der Waals surface area (Å²) >= 11 is 18.8. The molecule has 0 fully saturated rings. The molecule has 0 amide bonds. The second-order valence-corrected chi connectivity index (χ2v) is 6.09. The molecule has 0 bridgehead atoms. The van der Waals surface area contributed by atoms with Crippen LogP contribution in [0.4, 0.5) is 0 Å². The van der Waals surface area contributed by atoms with Gasteiger partial charge in [-0.15, -0.1) is 0 Å². The van der Waals surface area contributed by atoms with Gasteiger partial charge in [0.1, 0.15) is 0 Å². The van der Waals surface area contributed by atoms with E-state index in [4.69, 9.17) is 34.8 Å². The van der Waals surface area contributed by atoms with E-state index in [1.807, 2.05) is 30.8 Å². The minimum absolute atomic E-state index is 0.0356. The predicted octanol–water partition coefficient (Wildman–Crippen LogP) is 4.58. The number of aryl methyl sites for hydroxylation is 2. The first kappa shape index (κ1) is 16.6. The fourth-order valence-corrected chi connectivity index (χ4v) is 3.10. The van der Waals surface area contributed by atoms with Gasteiger partial charge in [0, 0.05) is 19.5 Å². The zero-order valence-corrected chi connectivity index (χ0v) is 14.5. The van der Waals surface area contributed by atoms with Crippen LogP contribution in [-0.2, 0) is 13.5 Å². The molecule has 6 heteroatoms. The summed E-state index contributed by atoms with van der Waals surface area (Å²) in [7, 11) is 1.90. The number of nitrogens with one attached hydrogen (secondary N) is 1. The molecule has 1 aromatic carbocycles. The number of benzene rings is 1. The molecule has 1 heterocycles. The van der Waals surface area contributed by atoms with Gasteiger partial charge in [-0.1, -0.05) is 53.9 Å². The highest BCUT2D eigenvalue weighted by Crippen LogP contribution is 2.33. The lowest BCUT2D eigenvalue weighted by Crippen LogP contribution is -2.24. The van der Waals surface area contributed by atoms with E-state index in [2.05, 4.69) is 17.3 Å². The van der Waals surface area contributed by atoms with Crippen LogP contribution in [0.25, 0.3) is 0 Å². The summed E-state index contributed by atoms with van der Waals surface area (Å²) in [6.07, 6.45) is 0.698. The zero-order chi connectivity index (χ0) is 15.6. The van der Waals surface area contributed by atoms with E-state index in [1.165, 1.54) is 0 Å². The van der Waals surface area contributed by atoms with Gasteiger partial charge in [-0.25, -0.2) is 0 Å². The highest BCUT2D eigenvalue weighted by Gasteiger charge is 2.20. The number of hydrogen-bond donors (Lipinski definition) is 1. The van der Waals surface area contributed by atoms with Crippen molar-refractivity contribution in [2.24, 2.45) is 7.05 Å². The number of hydrogen-bond acceptors (Lipinski definition) is 2. The van der Waals surface area contributed by atoms with Gasteiger partial charge in [-0.3, -0.25) is 4.68 Å². The predicted molar refractivity (Wildman–Crippen MR) is 89.5 cm³/mol. The van der Waals surface area contributed by atoms with Gasteiger partial charge in [0.25, 0.3) is 0 Å². The molecule has 1 N–H and O–H groups in total. The van der Waals surface area contributed by atoms with Crippen LogP contribution in [0.3, 0.4) is 0 Å². The van der Waals surface area contributed by atoms with Gasteiger partial charge in [-0.2, -0.15) is 5.10 Å². The van der Waals surface area contributed by atoms with E-state index in [-0.39, 0.29) is 6.04 Å². The maximum atomic E-state index is 6.35. The molecule has 0 aliphatic heterocycles. The Labute approximate surface area is 140 Å². The van der Waals surface area contributed by atoms with Gasteiger partial charge in [0.15, 0.2) is 0 Å². The fraction of sp³-hybridized carbons (Fsp3) is 0.400. The molecule has 0 aliphatic rings. The SMILES string of the molecule is CCNC(Cc1c(Cl)c(C)nn1C)c1cccc(Cl)c1Cl. The Bertz CT molecular complexity index is 637. The summed E-state index contributed by atoms with van der Waals surface area (Å²) in [5.41, 5.74) is 2.79. The monoisotopic (exact) mass is 345 g/mol. The molecular formula is C15H18Cl3N3. The minimum Gasteiger partial charge on any atom is -0.310 e. The zero-order valence-electron chi connectivity index (χ0n) is 12.3. The molecule has 2 rings (SSSR count). The summed E-state index contributed by atoms with van der Waals surface area (Å²) in [4.78, 5) is 0. The van der Waals surface area contributed by atoms with E-state index >= 15 is 0 Å². The van der Waals surface area contributed by atoms with Crippen molar-refractivity contribution in [2.75, 3.05) is 6.54 Å². The van der Waals surface area contributed by atoms with E-state index in [0.29, 0.717) is 21.5 Å². The summed E-state index contributed by atoms with van der Waals surface area (Å²) in [5.74, 6) is 0. The molecule has 1 unspecified atom stereocenters. The molecule has 3 nitrogen and oxygen atoms in total. The van der Waals surface area contributed by atoms with Crippen LogP contribution in [0.1, 0.15) is 29.9 Å². The first-order valence-corrected chi connectivity index (χ1v) is 7.94. The lowest BCUT2D eigenvalue weighted by Gasteiger charge is -2.20. The van der Waals surface area contributed by atoms with Crippen molar-refractivity contribution in [1.82, 2.24) is 15.1 Å². The second-order valence-electron chi connectivity index (χ2n) is 4.93. The van der Waals surface area contributed by atoms with Crippen LogP contribution in [-0.4, -0.2) is 16.3 Å². The number of rotatable bonds is 5. The van der Waals surface area contributed by atoms with Gasteiger partial charge < -0.3 is 5.32 Å². The van der Waals surface area contributed by atoms with Crippen molar-refractivity contribution < 1.29 is 0 Å². The largest absolute Gasteiger partial charge is 0.310 e. The fourth-order valence-electron chi connectivity index (χ4n) is 2.42. The van der Waals surface area contributed by atoms with Crippen molar-refractivity contribution in [3.63, 3.8) is 0 Å². The Kier molecular flexibility index (Phi) is 5.55. The van der Waals surface area contributed by atoms with Crippen LogP contribution in [0, 0.1) is 6.92 Å². The highest BCUT2D eigenvalue weighted by atomic mass is 35.5. The second kappa shape index (κ2) is 7.01. The first-order valence-electron chi connectivity index (χ1n) is 6.81. The van der Waals surface area contributed by atoms with Gasteiger partial charge >= 0.3 is 0 Å². The Balaban J connectivity index is 2.38. The maximum Gasteiger partial charge on any atom is 0.0847 e. The Morgan fingerprint density at radius 2 is 1.95 bits per heavy atom. The number of likely N-dealkylation sites (N-methyl/N-ethyl adjacent to an activating group) is 1. The molecule has 0 saturated carbocycles. The van der Waals surface area contributed by atoms with E-state index in [1.54, 1.807) is 6.07 Å². The van der Waals surface area contributed by atoms with Crippen LogP contribution >= 0.6 is 34.8 Å². The standard InChI is InChI=1S/C15H18Cl3N3/c1-4-19-12(10-6-5-7-11(16)15(10)18)8-13-14(17)9(2)20-21(13)3/h5-7,12,19H,4,8H2,1-3H3. The molecule has 0 spiro atoms. The summed E-state index contributed by atoms with van der Waals surface area (Å²) in [5, 5.41) is 9.64. The summed E-state index contributed by atoms with van der Waals surface area (Å²) in [6, 6.07) is 5.72. The van der Waals surface area contributed by atoms with Gasteiger partial charge in [0.2, 0.25) is 0 Å². The summed E-state index contributed by atoms with van der Waals surface area (Å²) < 4.78 is 1.82. The van der Waals surface area contributed by atoms with Crippen molar-refractivity contribution >= 4 is 34.8 Å². The average Bonchev–Trinajstić information content (AvgIpc) is 2.68. The van der Waals surface area contributed by atoms with Crippen LogP contribution in [0.15, 0.2) is 18.2 Å². The van der Waals surface area contributed by atoms with E-state index in [9.17, 15) is 0 Å². The molecule has 114 valence electrons. The third kappa shape index (κ3) is 3.54. The van der Waals surface area contributed by atoms with Crippen molar-refractivity contribution in [1.29, 1.82) is 0 Å². The minimum atomic E-state index is 0.0356. The third-order valence-corrected chi connectivity index (χ3v) is 4.79. The molecular weight excluding hydrogens is 329 g/mol. The Morgan fingerprint density at radius 1 is 1.24 bits per heavy atom. The highest BCUT2D eigenvalue weighted by molar-refractivity contribution is 6.42. The molecule has 0 radical (unpaired) electrons. The van der Waals surface area contributed by atoms with E-state index < -0.39 is 0 Å². The van der Waals surface area contributed by atoms with Crippen molar-refractivity contribution in [3.8, 4) is 0 Å². The quantitative estimate of drug-likeness (QED) is 0.858. The normalized spacial score (nSPS) is 12.7. The lowest BCUT2D eigenvalue weighted by molar-refractivity contribution is 0.529. The van der Waals surface area contributed by atoms with Gasteiger partial charge in [0.05, 0.1) is 26.5 Å². The van der Waals surface area contributed by atoms with E-state index in [0.717, 1.165) is 23.5 Å². The number of aromatic nitrogens is 2. The Hall–Kier alpha value is -0.740. The molecule has 1 aromatic heterocycles. The molecule has 1 atom stereocenters. The third-order valence-electron chi connectivity index (χ3n) is 3.47. The lowest BCUT2D eigenvalue weighted by atomic mass is 10.0. The van der Waals surface area contributed by atoms with Crippen LogP contribution in [0.2, 0.25) is 15.1 Å². The molecule has 0 saturated heterocycles. The summed E-state index contributed by atoms with van der Waals surface area (Å²) in [6.45, 7) is 4.78. The smallest absolute Gasteiger partial charge is 0.0847 e. The van der Waals surface area contributed by atoms with Crippen molar-refractivity contribution in [2.45, 2.75) is 26.3 Å². The van der Waals surface area contributed by atoms with Crippen LogP contribution < -0.4 is 5.32 Å². The van der Waals surface area contributed by atoms with Crippen molar-refractivity contribution in [3.05, 3.63) is 50.2 Å². The molecule has 0 aliphatic carbocycles. The Morgan fingerprint density at radius 3 is 2.52 bits per heavy atom. The van der Waals surface area contributed by atoms with Gasteiger partial charge in [-0.05, 0) is 25.1 Å². The maximum absolute atomic E-state index is 6.35.